The van der Waals surface area contributed by atoms with Crippen LogP contribution in [0.25, 0.3) is 22.6 Å². The van der Waals surface area contributed by atoms with E-state index in [2.05, 4.69) is 42.1 Å². The zero-order valence-electron chi connectivity index (χ0n) is 19.3. The van der Waals surface area contributed by atoms with Gasteiger partial charge in [-0.1, -0.05) is 12.6 Å². The second kappa shape index (κ2) is 9.77. The van der Waals surface area contributed by atoms with E-state index in [-0.39, 0.29) is 0 Å². The van der Waals surface area contributed by atoms with Crippen molar-refractivity contribution < 1.29 is 19.7 Å². The third kappa shape index (κ3) is 4.40. The summed E-state index contributed by atoms with van der Waals surface area (Å²) < 4.78 is 7.22. The lowest BCUT2D eigenvalue weighted by Crippen LogP contribution is -2.40. The van der Waals surface area contributed by atoms with Crippen LogP contribution >= 0.6 is 0 Å². The molecule has 12 heteroatoms. The molecule has 4 atom stereocenters. The van der Waals surface area contributed by atoms with Crippen LogP contribution in [0.3, 0.4) is 0 Å². The van der Waals surface area contributed by atoms with Crippen LogP contribution in [-0.2, 0) is 16.1 Å². The maximum Gasteiger partial charge on any atom is 0.255 e. The van der Waals surface area contributed by atoms with E-state index in [1.54, 1.807) is 18.6 Å². The molecular weight excluding hydrogens is 464 g/mol. The number of nitrogens with zero attached hydrogens (tertiary/aromatic N) is 6. The summed E-state index contributed by atoms with van der Waals surface area (Å²) in [5.74, 6) is 0.190. The van der Waals surface area contributed by atoms with Crippen molar-refractivity contribution in [2.24, 2.45) is 0 Å². The molecule has 0 spiro atoms. The molecule has 12 nitrogen and oxygen atoms in total. The molecule has 0 unspecified atom stereocenters. The highest BCUT2D eigenvalue weighted by Gasteiger charge is 2.47. The fourth-order valence-corrected chi connectivity index (χ4v) is 4.00. The van der Waals surface area contributed by atoms with Gasteiger partial charge in [-0.3, -0.25) is 19.3 Å². The van der Waals surface area contributed by atoms with Gasteiger partial charge in [0.25, 0.3) is 5.91 Å². The zero-order valence-corrected chi connectivity index (χ0v) is 19.3. The van der Waals surface area contributed by atoms with Gasteiger partial charge in [0.2, 0.25) is 0 Å². The number of carbonyl (C=O) groups is 1. The molecule has 4 N–H and O–H groups in total. The molecule has 0 aromatic carbocycles. The van der Waals surface area contributed by atoms with Crippen molar-refractivity contribution in [1.29, 1.82) is 0 Å². The normalized spacial score (nSPS) is 21.4. The first-order chi connectivity index (χ1) is 17.5. The van der Waals surface area contributed by atoms with E-state index in [1.807, 2.05) is 31.2 Å². The first-order valence-electron chi connectivity index (χ1n) is 11.2. The number of nitrogens with one attached hydrogen (secondary N) is 2. The summed E-state index contributed by atoms with van der Waals surface area (Å²) in [7, 11) is 0. The Balaban J connectivity index is 1.57. The van der Waals surface area contributed by atoms with Crippen molar-refractivity contribution in [3.05, 3.63) is 73.2 Å². The Morgan fingerprint density at radius 3 is 2.83 bits per heavy atom. The van der Waals surface area contributed by atoms with E-state index >= 15 is 0 Å². The Hall–Kier alpha value is -4.26. The van der Waals surface area contributed by atoms with Crippen LogP contribution in [0.4, 0.5) is 5.82 Å². The Morgan fingerprint density at radius 1 is 1.22 bits per heavy atom. The van der Waals surface area contributed by atoms with Crippen molar-refractivity contribution in [3.8, 4) is 11.4 Å². The highest BCUT2D eigenvalue weighted by molar-refractivity contribution is 5.85. The average molecular weight is 489 g/mol. The molecule has 1 fully saturated rings. The van der Waals surface area contributed by atoms with Crippen molar-refractivity contribution in [1.82, 2.24) is 34.8 Å². The third-order valence-corrected chi connectivity index (χ3v) is 5.73. The standard InChI is InChI=1S/C24H24N8O4/c1-3-26-23(35)19-17(33)18(34)24(36-19)32-12-29-16-21(28-11-15-6-4-5-7-27-15)30-20(31-22(16)32)14-8-13(2)9-25-10-14/h3-10,12,17-19,24,33-34H,1,11H2,2H3,(H,26,35)(H,28,30,31)/t17-,18+,19-,24+/m0/s1. The predicted molar refractivity (Wildman–Crippen MR) is 129 cm³/mol. The number of anilines is 1. The molecule has 36 heavy (non-hydrogen) atoms. The van der Waals surface area contributed by atoms with Gasteiger partial charge in [-0.25, -0.2) is 15.0 Å². The number of aliphatic hydroxyl groups is 2. The lowest BCUT2D eigenvalue weighted by atomic mass is 10.1. The highest BCUT2D eigenvalue weighted by atomic mass is 16.6. The van der Waals surface area contributed by atoms with Crippen molar-refractivity contribution >= 4 is 22.9 Å². The largest absolute Gasteiger partial charge is 0.387 e. The molecule has 0 radical (unpaired) electrons. The number of carbonyl (C=O) groups excluding carboxylic acids is 1. The van der Waals surface area contributed by atoms with E-state index in [0.29, 0.717) is 34.9 Å². The first kappa shape index (κ1) is 23.5. The Kier molecular flexibility index (Phi) is 6.38. The molecule has 1 saturated heterocycles. The smallest absolute Gasteiger partial charge is 0.255 e. The molecular formula is C24H24N8O4. The predicted octanol–water partition coefficient (Wildman–Crippen LogP) is 1.08. The van der Waals surface area contributed by atoms with Crippen molar-refractivity contribution in [2.75, 3.05) is 5.32 Å². The number of aromatic nitrogens is 6. The van der Waals surface area contributed by atoms with Gasteiger partial charge < -0.3 is 25.6 Å². The zero-order chi connectivity index (χ0) is 25.2. The minimum absolute atomic E-state index is 0.339. The van der Waals surface area contributed by atoms with E-state index in [4.69, 9.17) is 4.74 Å². The van der Waals surface area contributed by atoms with Gasteiger partial charge in [0, 0.05) is 24.2 Å². The Labute approximate surface area is 205 Å². The minimum atomic E-state index is -1.46. The number of rotatable bonds is 7. The van der Waals surface area contributed by atoms with Gasteiger partial charge in [-0.15, -0.1) is 0 Å². The summed E-state index contributed by atoms with van der Waals surface area (Å²) in [6.45, 7) is 5.74. The number of amides is 1. The molecule has 5 heterocycles. The molecule has 0 bridgehead atoms. The number of pyridine rings is 2. The van der Waals surface area contributed by atoms with Gasteiger partial charge in [0.1, 0.15) is 12.2 Å². The summed E-state index contributed by atoms with van der Waals surface area (Å²) >= 11 is 0. The van der Waals surface area contributed by atoms with Gasteiger partial charge in [-0.05, 0) is 36.9 Å². The Bertz CT molecular complexity index is 1410. The maximum atomic E-state index is 12.3. The SMILES string of the molecule is C=CNC(=O)[C@H]1O[C@@H](n2cnc3c(NCc4ccccn4)nc(-c4cncc(C)c4)nc32)[C@H](O)[C@@H]1O. The van der Waals surface area contributed by atoms with E-state index < -0.39 is 30.4 Å². The molecule has 4 aromatic heterocycles. The second-order valence-electron chi connectivity index (χ2n) is 8.29. The summed E-state index contributed by atoms with van der Waals surface area (Å²) in [4.78, 5) is 34.6. The van der Waals surface area contributed by atoms with E-state index in [9.17, 15) is 15.0 Å². The molecule has 0 aliphatic carbocycles. The van der Waals surface area contributed by atoms with Gasteiger partial charge in [0.05, 0.1) is 18.6 Å². The average Bonchev–Trinajstić information content (AvgIpc) is 3.44. The number of hydrogen-bond donors (Lipinski definition) is 4. The van der Waals surface area contributed by atoms with Crippen LogP contribution in [0.15, 0.2) is 62.0 Å². The molecule has 5 rings (SSSR count). The van der Waals surface area contributed by atoms with Crippen LogP contribution < -0.4 is 10.6 Å². The second-order valence-corrected chi connectivity index (χ2v) is 8.29. The molecule has 1 aliphatic rings. The Morgan fingerprint density at radius 2 is 2.08 bits per heavy atom. The number of aliphatic hydroxyl groups excluding tert-OH is 2. The van der Waals surface area contributed by atoms with Crippen LogP contribution in [0.5, 0.6) is 0 Å². The maximum absolute atomic E-state index is 12.3. The number of hydrogen-bond acceptors (Lipinski definition) is 10. The van der Waals surface area contributed by atoms with Crippen LogP contribution in [0, 0.1) is 6.92 Å². The summed E-state index contributed by atoms with van der Waals surface area (Å²) in [6.07, 6.45) is 2.40. The molecule has 1 aliphatic heterocycles. The summed E-state index contributed by atoms with van der Waals surface area (Å²) in [6, 6.07) is 7.51. The van der Waals surface area contributed by atoms with Crippen LogP contribution in [0.1, 0.15) is 17.5 Å². The van der Waals surface area contributed by atoms with E-state index in [1.165, 1.54) is 17.1 Å². The van der Waals surface area contributed by atoms with E-state index in [0.717, 1.165) is 11.3 Å². The first-order valence-corrected chi connectivity index (χ1v) is 11.2. The molecule has 0 saturated carbocycles. The number of imidazole rings is 1. The van der Waals surface area contributed by atoms with Gasteiger partial charge in [-0.2, -0.15) is 0 Å². The van der Waals surface area contributed by atoms with Gasteiger partial charge in [0.15, 0.2) is 35.1 Å². The fraction of sp³-hybridized carbons (Fsp3) is 0.250. The topological polar surface area (TPSA) is 160 Å². The molecule has 184 valence electrons. The number of fused-ring (bicyclic) bond motifs is 1. The number of aryl methyl sites for hydroxylation is 1. The monoisotopic (exact) mass is 488 g/mol. The third-order valence-electron chi connectivity index (χ3n) is 5.73. The number of ether oxygens (including phenoxy) is 1. The highest BCUT2D eigenvalue weighted by Crippen LogP contribution is 2.33. The molecule has 4 aromatic rings. The lowest BCUT2D eigenvalue weighted by molar-refractivity contribution is -0.136. The fourth-order valence-electron chi connectivity index (χ4n) is 4.00. The van der Waals surface area contributed by atoms with Crippen LogP contribution in [-0.4, -0.2) is 63.9 Å². The summed E-state index contributed by atoms with van der Waals surface area (Å²) in [5, 5.41) is 26.8. The van der Waals surface area contributed by atoms with Crippen molar-refractivity contribution in [3.63, 3.8) is 0 Å². The van der Waals surface area contributed by atoms with Crippen LogP contribution in [0.2, 0.25) is 0 Å². The lowest BCUT2D eigenvalue weighted by Gasteiger charge is -2.17. The summed E-state index contributed by atoms with van der Waals surface area (Å²) in [5.41, 5.74) is 3.17. The molecule has 1 amide bonds. The van der Waals surface area contributed by atoms with Crippen molar-refractivity contribution in [2.45, 2.75) is 38.0 Å². The minimum Gasteiger partial charge on any atom is -0.387 e. The van der Waals surface area contributed by atoms with Gasteiger partial charge >= 0.3 is 0 Å². The quantitative estimate of drug-likeness (QED) is 0.296.